The molecule has 29 heavy (non-hydrogen) atoms. The van der Waals surface area contributed by atoms with E-state index in [1.807, 2.05) is 66.7 Å². The summed E-state index contributed by atoms with van der Waals surface area (Å²) in [4.78, 5) is 28.7. The molecule has 4 nitrogen and oxygen atoms in total. The minimum Gasteiger partial charge on any atom is -0.395 e. The van der Waals surface area contributed by atoms with Crippen LogP contribution in [0, 0.1) is 11.8 Å². The van der Waals surface area contributed by atoms with Crippen molar-refractivity contribution in [3.8, 4) is 0 Å². The van der Waals surface area contributed by atoms with Gasteiger partial charge in [-0.25, -0.2) is 4.90 Å². The number of imide groups is 1. The number of amides is 2. The molecular weight excluding hydrogens is 362 g/mol. The first kappa shape index (κ1) is 16.7. The standard InChI is InChI=1S/C25H19NO3/c27-14-25-18-12-6-4-10-16(18)20(17-11-5-7-13-19(17)25)21-22(25)24(29)26(23(21)28)15-8-2-1-3-9-15/h1-13,20-22,27H,14H2/t20?,21-,22-,25?/m0/s1. The third kappa shape index (κ3) is 1.83. The smallest absolute Gasteiger partial charge is 0.239 e. The number of carbonyl (C=O) groups is 2. The number of nitrogens with zero attached hydrogens (tertiary/aromatic N) is 1. The number of benzene rings is 3. The molecule has 0 aromatic heterocycles. The highest BCUT2D eigenvalue weighted by Gasteiger charge is 2.68. The van der Waals surface area contributed by atoms with Crippen molar-refractivity contribution >= 4 is 17.5 Å². The van der Waals surface area contributed by atoms with Gasteiger partial charge >= 0.3 is 0 Å². The maximum Gasteiger partial charge on any atom is 0.239 e. The van der Waals surface area contributed by atoms with E-state index in [-0.39, 0.29) is 24.3 Å². The van der Waals surface area contributed by atoms with Crippen molar-refractivity contribution in [3.05, 3.63) is 101 Å². The molecule has 0 radical (unpaired) electrons. The van der Waals surface area contributed by atoms with Crippen molar-refractivity contribution in [2.75, 3.05) is 11.5 Å². The highest BCUT2D eigenvalue weighted by Crippen LogP contribution is 2.64. The molecule has 4 heteroatoms. The molecule has 4 aliphatic rings. The quantitative estimate of drug-likeness (QED) is 0.694. The summed E-state index contributed by atoms with van der Waals surface area (Å²) < 4.78 is 0. The summed E-state index contributed by atoms with van der Waals surface area (Å²) in [5.74, 6) is -1.66. The van der Waals surface area contributed by atoms with Gasteiger partial charge in [-0.1, -0.05) is 66.7 Å². The number of hydrogen-bond acceptors (Lipinski definition) is 3. The van der Waals surface area contributed by atoms with Gasteiger partial charge in [-0.05, 0) is 34.4 Å². The lowest BCUT2D eigenvalue weighted by Gasteiger charge is -2.53. The number of para-hydroxylation sites is 1. The summed E-state index contributed by atoms with van der Waals surface area (Å²) in [5.41, 5.74) is 3.75. The fraction of sp³-hybridized carbons (Fsp3) is 0.200. The Labute approximate surface area is 168 Å². The summed E-state index contributed by atoms with van der Waals surface area (Å²) in [6.07, 6.45) is 0. The van der Waals surface area contributed by atoms with E-state index in [1.165, 1.54) is 4.90 Å². The molecule has 0 unspecified atom stereocenters. The number of aliphatic hydroxyl groups is 1. The van der Waals surface area contributed by atoms with Crippen LogP contribution in [0.5, 0.6) is 0 Å². The van der Waals surface area contributed by atoms with Crippen molar-refractivity contribution < 1.29 is 14.7 Å². The lowest BCUT2D eigenvalue weighted by Crippen LogP contribution is -2.55. The topological polar surface area (TPSA) is 57.6 Å². The second-order valence-electron chi connectivity index (χ2n) is 8.13. The van der Waals surface area contributed by atoms with Crippen LogP contribution in [0.1, 0.15) is 28.2 Å². The Bertz CT molecular complexity index is 1120. The van der Waals surface area contributed by atoms with Crippen molar-refractivity contribution in [1.29, 1.82) is 0 Å². The molecule has 3 aromatic rings. The monoisotopic (exact) mass is 381 g/mol. The fourth-order valence-corrected chi connectivity index (χ4v) is 6.03. The highest BCUT2D eigenvalue weighted by atomic mass is 16.3. The maximum atomic E-state index is 13.7. The van der Waals surface area contributed by atoms with Crippen LogP contribution in [-0.2, 0) is 15.0 Å². The third-order valence-corrected chi connectivity index (χ3v) is 7.06. The third-order valence-electron chi connectivity index (χ3n) is 7.06. The predicted octanol–water partition coefficient (Wildman–Crippen LogP) is 3.23. The minimum atomic E-state index is -0.900. The molecule has 0 saturated carbocycles. The summed E-state index contributed by atoms with van der Waals surface area (Å²) in [7, 11) is 0. The molecule has 2 bridgehead atoms. The van der Waals surface area contributed by atoms with Crippen LogP contribution in [0.4, 0.5) is 5.69 Å². The van der Waals surface area contributed by atoms with E-state index < -0.39 is 17.3 Å². The number of carbonyl (C=O) groups excluding carboxylic acids is 2. The van der Waals surface area contributed by atoms with Crippen LogP contribution >= 0.6 is 0 Å². The molecule has 1 heterocycles. The Balaban J connectivity index is 1.66. The molecule has 1 aliphatic heterocycles. The van der Waals surface area contributed by atoms with Crippen molar-refractivity contribution in [1.82, 2.24) is 0 Å². The summed E-state index contributed by atoms with van der Waals surface area (Å²) >= 11 is 0. The maximum absolute atomic E-state index is 13.7. The average Bonchev–Trinajstić information content (AvgIpc) is 3.05. The van der Waals surface area contributed by atoms with E-state index >= 15 is 0 Å². The molecule has 1 N–H and O–H groups in total. The Kier molecular flexibility index (Phi) is 3.25. The fourth-order valence-electron chi connectivity index (χ4n) is 6.03. The second kappa shape index (κ2) is 5.65. The first-order valence-electron chi connectivity index (χ1n) is 9.92. The van der Waals surface area contributed by atoms with E-state index in [1.54, 1.807) is 12.1 Å². The van der Waals surface area contributed by atoms with Crippen molar-refractivity contribution in [3.63, 3.8) is 0 Å². The summed E-state index contributed by atoms with van der Waals surface area (Å²) in [5, 5.41) is 10.8. The van der Waals surface area contributed by atoms with Crippen molar-refractivity contribution in [2.45, 2.75) is 11.3 Å². The SMILES string of the molecule is O=C1[C@@H]2[C@@H](C(=O)N1c1ccccc1)C1c3ccccc3C2(CO)c2ccccc21. The van der Waals surface area contributed by atoms with Crippen LogP contribution in [0.2, 0.25) is 0 Å². The zero-order valence-electron chi connectivity index (χ0n) is 15.7. The molecular formula is C25H19NO3. The summed E-state index contributed by atoms with van der Waals surface area (Å²) in [6, 6.07) is 25.1. The van der Waals surface area contributed by atoms with E-state index in [0.717, 1.165) is 22.3 Å². The highest BCUT2D eigenvalue weighted by molar-refractivity contribution is 6.23. The van der Waals surface area contributed by atoms with Gasteiger partial charge in [-0.2, -0.15) is 0 Å². The first-order chi connectivity index (χ1) is 14.2. The van der Waals surface area contributed by atoms with Crippen LogP contribution < -0.4 is 4.90 Å². The van der Waals surface area contributed by atoms with E-state index in [2.05, 4.69) is 0 Å². The van der Waals surface area contributed by atoms with Gasteiger partial charge in [0.1, 0.15) is 0 Å². The molecule has 7 rings (SSSR count). The molecule has 0 spiro atoms. The molecule has 142 valence electrons. The van der Waals surface area contributed by atoms with Crippen LogP contribution in [-0.4, -0.2) is 23.5 Å². The summed E-state index contributed by atoms with van der Waals surface area (Å²) in [6.45, 7) is -0.212. The van der Waals surface area contributed by atoms with E-state index in [4.69, 9.17) is 0 Å². The number of aliphatic hydroxyl groups excluding tert-OH is 1. The molecule has 3 aliphatic carbocycles. The van der Waals surface area contributed by atoms with Gasteiger partial charge in [0.05, 0.1) is 29.5 Å². The van der Waals surface area contributed by atoms with E-state index in [9.17, 15) is 14.7 Å². The Morgan fingerprint density at radius 3 is 1.90 bits per heavy atom. The molecule has 2 amide bonds. The predicted molar refractivity (Wildman–Crippen MR) is 109 cm³/mol. The zero-order chi connectivity index (χ0) is 19.8. The number of hydrogen-bond donors (Lipinski definition) is 1. The van der Waals surface area contributed by atoms with Gasteiger partial charge in [0.15, 0.2) is 0 Å². The van der Waals surface area contributed by atoms with Crippen LogP contribution in [0.3, 0.4) is 0 Å². The van der Waals surface area contributed by atoms with Gasteiger partial charge in [0.25, 0.3) is 0 Å². The van der Waals surface area contributed by atoms with Crippen LogP contribution in [0.25, 0.3) is 0 Å². The lowest BCUT2D eigenvalue weighted by atomic mass is 9.47. The zero-order valence-corrected chi connectivity index (χ0v) is 15.7. The molecule has 2 atom stereocenters. The van der Waals surface area contributed by atoms with Gasteiger partial charge in [0.2, 0.25) is 11.8 Å². The average molecular weight is 381 g/mol. The van der Waals surface area contributed by atoms with Crippen molar-refractivity contribution in [2.24, 2.45) is 11.8 Å². The Hall–Kier alpha value is -3.24. The van der Waals surface area contributed by atoms with Gasteiger partial charge in [-0.3, -0.25) is 9.59 Å². The largest absolute Gasteiger partial charge is 0.395 e. The normalized spacial score (nSPS) is 28.9. The molecule has 1 saturated heterocycles. The Morgan fingerprint density at radius 1 is 0.759 bits per heavy atom. The minimum absolute atomic E-state index is 0.168. The first-order valence-corrected chi connectivity index (χ1v) is 9.92. The van der Waals surface area contributed by atoms with Gasteiger partial charge < -0.3 is 5.11 Å². The molecule has 1 fully saturated rings. The number of rotatable bonds is 2. The number of anilines is 1. The lowest BCUT2D eigenvalue weighted by molar-refractivity contribution is -0.124. The van der Waals surface area contributed by atoms with Gasteiger partial charge in [-0.15, -0.1) is 0 Å². The van der Waals surface area contributed by atoms with E-state index in [0.29, 0.717) is 5.69 Å². The van der Waals surface area contributed by atoms with Gasteiger partial charge in [0, 0.05) is 5.92 Å². The second-order valence-corrected chi connectivity index (χ2v) is 8.13. The Morgan fingerprint density at radius 2 is 1.31 bits per heavy atom. The molecule has 3 aromatic carbocycles. The van der Waals surface area contributed by atoms with Crippen LogP contribution in [0.15, 0.2) is 78.9 Å².